The van der Waals surface area contributed by atoms with Crippen molar-refractivity contribution in [2.24, 2.45) is 0 Å². The van der Waals surface area contributed by atoms with Crippen LogP contribution < -0.4 is 15.4 Å². The molecule has 0 aromatic heterocycles. The van der Waals surface area contributed by atoms with Gasteiger partial charge in [0, 0.05) is 24.7 Å². The van der Waals surface area contributed by atoms with E-state index in [-0.39, 0.29) is 29.9 Å². The molecule has 0 aliphatic heterocycles. The van der Waals surface area contributed by atoms with Crippen LogP contribution in [0.15, 0.2) is 60.8 Å². The Morgan fingerprint density at radius 1 is 1.07 bits per heavy atom. The van der Waals surface area contributed by atoms with Crippen LogP contribution in [0.3, 0.4) is 0 Å². The second-order valence-electron chi connectivity index (χ2n) is 6.09. The number of nitrogens with one attached hydrogen (secondary N) is 2. The highest BCUT2D eigenvalue weighted by Crippen LogP contribution is 2.20. The van der Waals surface area contributed by atoms with Crippen molar-refractivity contribution in [3.05, 3.63) is 77.2 Å². The van der Waals surface area contributed by atoms with Gasteiger partial charge in [-0.1, -0.05) is 48.5 Å². The van der Waals surface area contributed by atoms with E-state index in [1.165, 1.54) is 12.1 Å². The molecule has 0 bridgehead atoms. The maximum atomic E-state index is 13.3. The van der Waals surface area contributed by atoms with Crippen LogP contribution in [0.5, 0.6) is 5.75 Å². The standard InChI is InChI=1S/C21H22ClFN2O4/c1-15(25-21(27)14-29-17-7-8-18(22)19(23)11-17)9-10-24-20(26)13-28-12-16-5-3-2-4-6-16/h2-8,11H,1,9-10,12-14H2,(H,24,26)(H,25,27). The second kappa shape index (κ2) is 11.8. The van der Waals surface area contributed by atoms with Crippen molar-refractivity contribution < 1.29 is 23.5 Å². The van der Waals surface area contributed by atoms with Crippen LogP contribution >= 0.6 is 11.6 Å². The van der Waals surface area contributed by atoms with Crippen LogP contribution in [0.25, 0.3) is 0 Å². The number of carbonyl (C=O) groups excluding carboxylic acids is 2. The van der Waals surface area contributed by atoms with Crippen molar-refractivity contribution >= 4 is 23.4 Å². The molecular formula is C21H22ClFN2O4. The SMILES string of the molecule is C=C(CCNC(=O)COCc1ccccc1)NC(=O)COc1ccc(Cl)c(F)c1. The lowest BCUT2D eigenvalue weighted by Crippen LogP contribution is -2.32. The molecule has 2 aromatic carbocycles. The number of benzene rings is 2. The summed E-state index contributed by atoms with van der Waals surface area (Å²) < 4.78 is 23.8. The predicted molar refractivity (Wildman–Crippen MR) is 108 cm³/mol. The van der Waals surface area contributed by atoms with Crippen molar-refractivity contribution in [2.45, 2.75) is 13.0 Å². The number of halogens is 2. The van der Waals surface area contributed by atoms with Gasteiger partial charge in [0.1, 0.15) is 18.2 Å². The summed E-state index contributed by atoms with van der Waals surface area (Å²) in [6, 6.07) is 13.4. The average Bonchev–Trinajstić information content (AvgIpc) is 2.69. The molecular weight excluding hydrogens is 399 g/mol. The monoisotopic (exact) mass is 420 g/mol. The Kier molecular flexibility index (Phi) is 9.14. The Morgan fingerprint density at radius 3 is 2.55 bits per heavy atom. The second-order valence-corrected chi connectivity index (χ2v) is 6.50. The number of rotatable bonds is 11. The third kappa shape index (κ3) is 8.76. The Balaban J connectivity index is 1.56. The van der Waals surface area contributed by atoms with Gasteiger partial charge in [0.05, 0.1) is 11.6 Å². The summed E-state index contributed by atoms with van der Waals surface area (Å²) in [5.41, 5.74) is 1.41. The topological polar surface area (TPSA) is 76.7 Å². The molecule has 0 saturated heterocycles. The minimum absolute atomic E-state index is 0.0253. The summed E-state index contributed by atoms with van der Waals surface area (Å²) in [6.07, 6.45) is 0.353. The zero-order valence-corrected chi connectivity index (χ0v) is 16.5. The fourth-order valence-corrected chi connectivity index (χ4v) is 2.37. The molecule has 0 saturated carbocycles. The first kappa shape index (κ1) is 22.4. The van der Waals surface area contributed by atoms with E-state index in [0.29, 0.717) is 25.3 Å². The van der Waals surface area contributed by atoms with Crippen molar-refractivity contribution in [1.82, 2.24) is 10.6 Å². The van der Waals surface area contributed by atoms with Crippen molar-refractivity contribution in [3.63, 3.8) is 0 Å². The van der Waals surface area contributed by atoms with Gasteiger partial charge in [0.25, 0.3) is 5.91 Å². The fraction of sp³-hybridized carbons (Fsp3) is 0.238. The van der Waals surface area contributed by atoms with E-state index >= 15 is 0 Å². The first-order chi connectivity index (χ1) is 13.9. The van der Waals surface area contributed by atoms with E-state index in [4.69, 9.17) is 21.1 Å². The number of amides is 2. The average molecular weight is 421 g/mol. The minimum Gasteiger partial charge on any atom is -0.484 e. The molecule has 0 aliphatic carbocycles. The van der Waals surface area contributed by atoms with Gasteiger partial charge in [-0.15, -0.1) is 0 Å². The molecule has 2 aromatic rings. The lowest BCUT2D eigenvalue weighted by molar-refractivity contribution is -0.126. The highest BCUT2D eigenvalue weighted by Gasteiger charge is 2.07. The highest BCUT2D eigenvalue weighted by atomic mass is 35.5. The van der Waals surface area contributed by atoms with Gasteiger partial charge in [-0.25, -0.2) is 4.39 Å². The molecule has 6 nitrogen and oxygen atoms in total. The molecule has 2 N–H and O–H groups in total. The molecule has 0 fully saturated rings. The predicted octanol–water partition coefficient (Wildman–Crippen LogP) is 3.21. The van der Waals surface area contributed by atoms with E-state index in [0.717, 1.165) is 11.6 Å². The molecule has 2 amide bonds. The van der Waals surface area contributed by atoms with Gasteiger partial charge in [-0.2, -0.15) is 0 Å². The van der Waals surface area contributed by atoms with E-state index in [2.05, 4.69) is 17.2 Å². The summed E-state index contributed by atoms with van der Waals surface area (Å²) in [4.78, 5) is 23.6. The van der Waals surface area contributed by atoms with Crippen LogP contribution in [0.1, 0.15) is 12.0 Å². The summed E-state index contributed by atoms with van der Waals surface area (Å²) in [7, 11) is 0. The smallest absolute Gasteiger partial charge is 0.262 e. The number of ether oxygens (including phenoxy) is 2. The maximum absolute atomic E-state index is 13.3. The lowest BCUT2D eigenvalue weighted by Gasteiger charge is -2.11. The molecule has 0 aliphatic rings. The van der Waals surface area contributed by atoms with Crippen molar-refractivity contribution in [1.29, 1.82) is 0 Å². The molecule has 0 spiro atoms. The zero-order chi connectivity index (χ0) is 21.1. The Bertz CT molecular complexity index is 846. The zero-order valence-electron chi connectivity index (χ0n) is 15.8. The summed E-state index contributed by atoms with van der Waals surface area (Å²) in [5.74, 6) is -1.14. The van der Waals surface area contributed by atoms with Crippen LogP contribution in [-0.4, -0.2) is 31.6 Å². The summed E-state index contributed by atoms with van der Waals surface area (Å²) in [5, 5.41) is 5.21. The number of carbonyl (C=O) groups is 2. The van der Waals surface area contributed by atoms with Gasteiger partial charge >= 0.3 is 0 Å². The Morgan fingerprint density at radius 2 is 1.83 bits per heavy atom. The number of hydrogen-bond donors (Lipinski definition) is 2. The quantitative estimate of drug-likeness (QED) is 0.585. The van der Waals surface area contributed by atoms with Gasteiger partial charge in [-0.05, 0) is 17.7 Å². The first-order valence-electron chi connectivity index (χ1n) is 8.88. The van der Waals surface area contributed by atoms with E-state index in [1.54, 1.807) is 0 Å². The van der Waals surface area contributed by atoms with Crippen molar-refractivity contribution in [3.8, 4) is 5.75 Å². The molecule has 0 unspecified atom stereocenters. The van der Waals surface area contributed by atoms with Crippen LogP contribution in [0, 0.1) is 5.82 Å². The van der Waals surface area contributed by atoms with E-state index in [9.17, 15) is 14.0 Å². The Labute approximate surface area is 173 Å². The van der Waals surface area contributed by atoms with Crippen LogP contribution in [0.4, 0.5) is 4.39 Å². The molecule has 29 heavy (non-hydrogen) atoms. The molecule has 0 radical (unpaired) electrons. The fourth-order valence-electron chi connectivity index (χ4n) is 2.25. The van der Waals surface area contributed by atoms with Gasteiger partial charge in [0.2, 0.25) is 5.91 Å². The van der Waals surface area contributed by atoms with E-state index in [1.807, 2.05) is 30.3 Å². The molecule has 154 valence electrons. The third-order valence-electron chi connectivity index (χ3n) is 3.67. The van der Waals surface area contributed by atoms with Gasteiger partial charge in [-0.3, -0.25) is 9.59 Å². The normalized spacial score (nSPS) is 10.3. The first-order valence-corrected chi connectivity index (χ1v) is 9.25. The minimum atomic E-state index is -0.627. The number of hydrogen-bond acceptors (Lipinski definition) is 4. The highest BCUT2D eigenvalue weighted by molar-refractivity contribution is 6.30. The van der Waals surface area contributed by atoms with Crippen molar-refractivity contribution in [2.75, 3.05) is 19.8 Å². The van der Waals surface area contributed by atoms with Crippen LogP contribution in [-0.2, 0) is 20.9 Å². The maximum Gasteiger partial charge on any atom is 0.262 e. The molecule has 2 rings (SSSR count). The van der Waals surface area contributed by atoms with E-state index < -0.39 is 11.7 Å². The molecule has 0 atom stereocenters. The summed E-state index contributed by atoms with van der Waals surface area (Å²) >= 11 is 5.58. The molecule has 0 heterocycles. The largest absolute Gasteiger partial charge is 0.484 e. The van der Waals surface area contributed by atoms with Gasteiger partial charge in [0.15, 0.2) is 6.61 Å². The van der Waals surface area contributed by atoms with Crippen LogP contribution in [0.2, 0.25) is 5.02 Å². The van der Waals surface area contributed by atoms with Gasteiger partial charge < -0.3 is 20.1 Å². The third-order valence-corrected chi connectivity index (χ3v) is 3.98. The lowest BCUT2D eigenvalue weighted by atomic mass is 10.2. The summed E-state index contributed by atoms with van der Waals surface area (Å²) in [6.45, 7) is 4.02. The Hall–Kier alpha value is -2.90. The molecule has 8 heteroatoms.